The van der Waals surface area contributed by atoms with Crippen molar-refractivity contribution >= 4 is 11.6 Å². The fourth-order valence-corrected chi connectivity index (χ4v) is 2.65. The Kier molecular flexibility index (Phi) is 5.91. The highest BCUT2D eigenvalue weighted by atomic mass is 16.6. The van der Waals surface area contributed by atoms with Crippen LogP contribution in [0.2, 0.25) is 0 Å². The van der Waals surface area contributed by atoms with E-state index in [0.717, 1.165) is 10.2 Å². The zero-order valence-electron chi connectivity index (χ0n) is 14.9. The number of carbonyl (C=O) groups is 1. The number of carbonyl (C=O) groups excluding carboxylic acids is 1. The number of benzene rings is 2. The molecule has 142 valence electrons. The lowest BCUT2D eigenvalue weighted by molar-refractivity contribution is -0.384. The average Bonchev–Trinajstić information content (AvgIpc) is 2.70. The predicted octanol–water partition coefficient (Wildman–Crippen LogP) is 2.18. The highest BCUT2D eigenvalue weighted by Crippen LogP contribution is 2.19. The Morgan fingerprint density at radius 2 is 1.75 bits per heavy atom. The number of hydrogen-bond acceptors (Lipinski definition) is 5. The van der Waals surface area contributed by atoms with E-state index in [0.29, 0.717) is 24.2 Å². The Morgan fingerprint density at radius 1 is 1.04 bits per heavy atom. The third kappa shape index (κ3) is 4.88. The van der Waals surface area contributed by atoms with E-state index in [-0.39, 0.29) is 18.1 Å². The molecule has 2 aromatic carbocycles. The molecule has 0 bridgehead atoms. The Hall–Kier alpha value is -3.81. The lowest BCUT2D eigenvalue weighted by Gasteiger charge is -2.08. The van der Waals surface area contributed by atoms with Crippen LogP contribution >= 0.6 is 0 Å². The second-order valence-electron chi connectivity index (χ2n) is 6.10. The maximum Gasteiger partial charge on any atom is 0.269 e. The van der Waals surface area contributed by atoms with Crippen LogP contribution < -0.4 is 10.9 Å². The molecule has 3 rings (SSSR count). The molecule has 0 aliphatic carbocycles. The third-order valence-corrected chi connectivity index (χ3v) is 4.11. The van der Waals surface area contributed by atoms with Gasteiger partial charge in [-0.3, -0.25) is 19.7 Å². The number of nitrogens with one attached hydrogen (secondary N) is 1. The summed E-state index contributed by atoms with van der Waals surface area (Å²) < 4.78 is 1.08. The highest BCUT2D eigenvalue weighted by Gasteiger charge is 2.10. The van der Waals surface area contributed by atoms with Crippen LogP contribution in [0.3, 0.4) is 0 Å². The molecule has 0 aliphatic rings. The summed E-state index contributed by atoms with van der Waals surface area (Å²) in [5.74, 6) is -0.314. The van der Waals surface area contributed by atoms with E-state index in [1.807, 2.05) is 30.3 Å². The monoisotopic (exact) mass is 378 g/mol. The summed E-state index contributed by atoms with van der Waals surface area (Å²) in [6.45, 7) is 0.258. The van der Waals surface area contributed by atoms with Crippen molar-refractivity contribution in [3.63, 3.8) is 0 Å². The number of rotatable bonds is 7. The topological polar surface area (TPSA) is 107 Å². The second-order valence-corrected chi connectivity index (χ2v) is 6.10. The number of nitro groups is 1. The van der Waals surface area contributed by atoms with Gasteiger partial charge in [-0.25, -0.2) is 4.68 Å². The van der Waals surface area contributed by atoms with Gasteiger partial charge in [0, 0.05) is 30.3 Å². The number of amides is 1. The van der Waals surface area contributed by atoms with Gasteiger partial charge in [0.15, 0.2) is 0 Å². The van der Waals surface area contributed by atoms with Gasteiger partial charge in [0.2, 0.25) is 5.91 Å². The van der Waals surface area contributed by atoms with E-state index in [1.54, 1.807) is 12.1 Å². The molecule has 1 heterocycles. The highest BCUT2D eigenvalue weighted by molar-refractivity contribution is 5.75. The van der Waals surface area contributed by atoms with Gasteiger partial charge in [0.1, 0.15) is 6.54 Å². The van der Waals surface area contributed by atoms with Crippen molar-refractivity contribution in [3.05, 3.63) is 92.8 Å². The van der Waals surface area contributed by atoms with Crippen molar-refractivity contribution in [1.82, 2.24) is 15.1 Å². The molecule has 0 unspecified atom stereocenters. The Bertz CT molecular complexity index is 1030. The zero-order valence-corrected chi connectivity index (χ0v) is 14.9. The normalized spacial score (nSPS) is 10.4. The van der Waals surface area contributed by atoms with Crippen LogP contribution in [0.15, 0.2) is 71.5 Å². The molecule has 1 amide bonds. The molecule has 8 heteroatoms. The molecule has 0 radical (unpaired) electrons. The van der Waals surface area contributed by atoms with Gasteiger partial charge >= 0.3 is 0 Å². The van der Waals surface area contributed by atoms with E-state index in [2.05, 4.69) is 10.4 Å². The van der Waals surface area contributed by atoms with Gasteiger partial charge < -0.3 is 5.32 Å². The molecule has 0 saturated heterocycles. The van der Waals surface area contributed by atoms with Crippen LogP contribution in [0.5, 0.6) is 0 Å². The summed E-state index contributed by atoms with van der Waals surface area (Å²) in [6, 6.07) is 18.4. The van der Waals surface area contributed by atoms with Gasteiger partial charge in [-0.05, 0) is 30.2 Å². The van der Waals surface area contributed by atoms with Crippen molar-refractivity contribution < 1.29 is 9.72 Å². The maximum atomic E-state index is 12.1. The van der Waals surface area contributed by atoms with Crippen molar-refractivity contribution in [1.29, 1.82) is 0 Å². The van der Waals surface area contributed by atoms with Gasteiger partial charge in [-0.15, -0.1) is 0 Å². The summed E-state index contributed by atoms with van der Waals surface area (Å²) in [5, 5.41) is 17.7. The summed E-state index contributed by atoms with van der Waals surface area (Å²) in [7, 11) is 0. The van der Waals surface area contributed by atoms with Crippen LogP contribution in [0, 0.1) is 10.1 Å². The summed E-state index contributed by atoms with van der Waals surface area (Å²) >= 11 is 0. The van der Waals surface area contributed by atoms with Gasteiger partial charge in [0.05, 0.1) is 10.6 Å². The first-order chi connectivity index (χ1) is 13.5. The van der Waals surface area contributed by atoms with Crippen molar-refractivity contribution in [2.24, 2.45) is 0 Å². The first-order valence-corrected chi connectivity index (χ1v) is 8.66. The Morgan fingerprint density at radius 3 is 2.43 bits per heavy atom. The Balaban J connectivity index is 1.65. The van der Waals surface area contributed by atoms with Crippen LogP contribution in [-0.4, -0.2) is 27.2 Å². The largest absolute Gasteiger partial charge is 0.354 e. The lowest BCUT2D eigenvalue weighted by Crippen LogP contribution is -2.34. The zero-order chi connectivity index (χ0) is 19.9. The van der Waals surface area contributed by atoms with E-state index >= 15 is 0 Å². The first kappa shape index (κ1) is 19.0. The fraction of sp³-hybridized carbons (Fsp3) is 0.150. The number of hydrogen-bond donors (Lipinski definition) is 1. The molecular weight excluding hydrogens is 360 g/mol. The number of nitro benzene ring substituents is 1. The molecular formula is C20H18N4O4. The smallest absolute Gasteiger partial charge is 0.269 e. The number of nitrogens with zero attached hydrogens (tertiary/aromatic N) is 3. The predicted molar refractivity (Wildman–Crippen MR) is 104 cm³/mol. The van der Waals surface area contributed by atoms with Crippen LogP contribution in [0.4, 0.5) is 5.69 Å². The molecule has 28 heavy (non-hydrogen) atoms. The van der Waals surface area contributed by atoms with Gasteiger partial charge in [-0.2, -0.15) is 5.10 Å². The summed E-state index contributed by atoms with van der Waals surface area (Å²) in [5.41, 5.74) is 1.74. The minimum atomic E-state index is -0.488. The minimum absolute atomic E-state index is 0.0325. The van der Waals surface area contributed by atoms with E-state index in [4.69, 9.17) is 0 Å². The van der Waals surface area contributed by atoms with Crippen LogP contribution in [0.25, 0.3) is 11.3 Å². The quantitative estimate of drug-likeness (QED) is 0.501. The molecule has 1 aromatic heterocycles. The number of aromatic nitrogens is 2. The second kappa shape index (κ2) is 8.72. The average molecular weight is 378 g/mol. The summed E-state index contributed by atoms with van der Waals surface area (Å²) in [6.07, 6.45) is 0.692. The molecule has 3 aromatic rings. The minimum Gasteiger partial charge on any atom is -0.354 e. The molecule has 1 N–H and O–H groups in total. The molecule has 0 saturated carbocycles. The van der Waals surface area contributed by atoms with Crippen LogP contribution in [-0.2, 0) is 17.8 Å². The first-order valence-electron chi connectivity index (χ1n) is 8.66. The van der Waals surface area contributed by atoms with Crippen molar-refractivity contribution in [2.45, 2.75) is 13.0 Å². The van der Waals surface area contributed by atoms with Crippen LogP contribution in [0.1, 0.15) is 5.56 Å². The lowest BCUT2D eigenvalue weighted by atomic mass is 10.1. The van der Waals surface area contributed by atoms with Crippen molar-refractivity contribution in [2.75, 3.05) is 6.54 Å². The molecule has 0 fully saturated rings. The maximum absolute atomic E-state index is 12.1. The molecule has 0 spiro atoms. The summed E-state index contributed by atoms with van der Waals surface area (Å²) in [4.78, 5) is 34.4. The van der Waals surface area contributed by atoms with Crippen molar-refractivity contribution in [3.8, 4) is 11.3 Å². The molecule has 0 atom stereocenters. The fourth-order valence-electron chi connectivity index (χ4n) is 2.65. The Labute approximate surface area is 160 Å². The van der Waals surface area contributed by atoms with Gasteiger partial charge in [0.25, 0.3) is 11.2 Å². The standard InChI is InChI=1S/C20H18N4O4/c25-19(21-13-12-15-4-2-1-3-5-15)14-23-20(26)11-10-18(22-23)16-6-8-17(9-7-16)24(27)28/h1-11H,12-14H2,(H,21,25). The van der Waals surface area contributed by atoms with Gasteiger partial charge in [-0.1, -0.05) is 30.3 Å². The van der Waals surface area contributed by atoms with E-state index in [9.17, 15) is 19.7 Å². The third-order valence-electron chi connectivity index (χ3n) is 4.11. The molecule has 8 nitrogen and oxygen atoms in total. The number of non-ortho nitro benzene ring substituents is 1. The van der Waals surface area contributed by atoms with E-state index < -0.39 is 10.5 Å². The van der Waals surface area contributed by atoms with E-state index in [1.165, 1.54) is 24.3 Å². The molecule has 0 aliphatic heterocycles. The SMILES string of the molecule is O=C(Cn1nc(-c2ccc([N+](=O)[O-])cc2)ccc1=O)NCCc1ccccc1.